The number of nitrogens with one attached hydrogen (secondary N) is 2. The smallest absolute Gasteiger partial charge is 0.355 e. The molecule has 112 valence electrons. The fourth-order valence-electron chi connectivity index (χ4n) is 1.60. The Morgan fingerprint density at radius 3 is 2.60 bits per heavy atom. The van der Waals surface area contributed by atoms with Crippen molar-refractivity contribution in [3.63, 3.8) is 0 Å². The van der Waals surface area contributed by atoms with Crippen molar-refractivity contribution < 1.29 is 22.4 Å². The summed E-state index contributed by atoms with van der Waals surface area (Å²) < 4.78 is 51.0. The summed E-state index contributed by atoms with van der Waals surface area (Å²) in [5.74, 6) is -1.23. The molecular weight excluding hydrogens is 276 g/mol. The molecule has 1 aromatic carbocycles. The zero-order valence-corrected chi connectivity index (χ0v) is 11.0. The summed E-state index contributed by atoms with van der Waals surface area (Å²) in [7, 11) is 0. The van der Waals surface area contributed by atoms with E-state index in [9.17, 15) is 22.4 Å². The van der Waals surface area contributed by atoms with Crippen LogP contribution in [0.25, 0.3) is 0 Å². The maximum atomic E-state index is 12.9. The molecule has 0 aromatic heterocycles. The molecule has 1 amide bonds. The van der Waals surface area contributed by atoms with Gasteiger partial charge in [-0.05, 0) is 24.1 Å². The molecule has 0 bridgehead atoms. The summed E-state index contributed by atoms with van der Waals surface area (Å²) in [5.41, 5.74) is -1.12. The van der Waals surface area contributed by atoms with Crippen LogP contribution in [0.1, 0.15) is 24.5 Å². The number of amides is 1. The van der Waals surface area contributed by atoms with Crippen LogP contribution >= 0.6 is 0 Å². The van der Waals surface area contributed by atoms with Gasteiger partial charge in [0.05, 0.1) is 12.1 Å². The topological polar surface area (TPSA) is 41.1 Å². The lowest BCUT2D eigenvalue weighted by molar-refractivity contribution is -0.138. The first kappa shape index (κ1) is 16.4. The monoisotopic (exact) mass is 292 g/mol. The summed E-state index contributed by atoms with van der Waals surface area (Å²) in [5, 5.41) is 5.20. The molecular formula is C13H16F4N2O. The molecule has 0 aliphatic carbocycles. The Morgan fingerprint density at radius 1 is 1.30 bits per heavy atom. The second-order valence-electron chi connectivity index (χ2n) is 4.25. The predicted octanol–water partition coefficient (Wildman–Crippen LogP) is 2.46. The minimum absolute atomic E-state index is 0.0886. The molecule has 2 N–H and O–H groups in total. The lowest BCUT2D eigenvalue weighted by atomic mass is 10.1. The van der Waals surface area contributed by atoms with Gasteiger partial charge in [0, 0.05) is 13.1 Å². The average Bonchev–Trinajstić information content (AvgIpc) is 2.37. The quantitative estimate of drug-likeness (QED) is 0.791. The largest absolute Gasteiger partial charge is 0.416 e. The van der Waals surface area contributed by atoms with Crippen LogP contribution in [0.4, 0.5) is 17.6 Å². The fraction of sp³-hybridized carbons (Fsp3) is 0.462. The van der Waals surface area contributed by atoms with Crippen LogP contribution in [0.15, 0.2) is 18.2 Å². The Morgan fingerprint density at radius 2 is 2.00 bits per heavy atom. The van der Waals surface area contributed by atoms with Crippen LogP contribution < -0.4 is 10.6 Å². The van der Waals surface area contributed by atoms with E-state index in [1.807, 2.05) is 6.92 Å². The number of hydrogen-bond donors (Lipinski definition) is 2. The molecule has 7 heteroatoms. The minimum Gasteiger partial charge on any atom is -0.355 e. The second kappa shape index (κ2) is 7.23. The van der Waals surface area contributed by atoms with E-state index in [0.29, 0.717) is 12.6 Å². The minimum atomic E-state index is -4.62. The Hall–Kier alpha value is -1.63. The molecule has 0 aliphatic heterocycles. The van der Waals surface area contributed by atoms with E-state index in [0.717, 1.165) is 18.6 Å². The molecule has 0 saturated heterocycles. The van der Waals surface area contributed by atoms with Gasteiger partial charge in [0.2, 0.25) is 5.91 Å². The van der Waals surface area contributed by atoms with Gasteiger partial charge in [0.25, 0.3) is 0 Å². The second-order valence-corrected chi connectivity index (χ2v) is 4.25. The van der Waals surface area contributed by atoms with Gasteiger partial charge >= 0.3 is 6.18 Å². The van der Waals surface area contributed by atoms with Crippen LogP contribution in [-0.4, -0.2) is 19.0 Å². The number of rotatable bonds is 6. The van der Waals surface area contributed by atoms with Gasteiger partial charge in [-0.2, -0.15) is 13.2 Å². The maximum absolute atomic E-state index is 12.9. The van der Waals surface area contributed by atoms with Gasteiger partial charge in [-0.3, -0.25) is 4.79 Å². The number of alkyl halides is 3. The van der Waals surface area contributed by atoms with Crippen LogP contribution in [0, 0.1) is 5.82 Å². The van der Waals surface area contributed by atoms with Crippen molar-refractivity contribution in [2.75, 3.05) is 13.1 Å². The molecule has 1 rings (SSSR count). The Bertz CT molecular complexity index is 460. The van der Waals surface area contributed by atoms with E-state index in [-0.39, 0.29) is 24.6 Å². The van der Waals surface area contributed by atoms with Gasteiger partial charge in [0.15, 0.2) is 0 Å². The zero-order chi connectivity index (χ0) is 15.2. The first-order valence-corrected chi connectivity index (χ1v) is 6.17. The third-order valence-corrected chi connectivity index (χ3v) is 2.55. The van der Waals surface area contributed by atoms with Crippen molar-refractivity contribution in [2.24, 2.45) is 0 Å². The Labute approximate surface area is 114 Å². The molecule has 0 aliphatic rings. The van der Waals surface area contributed by atoms with Crippen LogP contribution in [0.2, 0.25) is 0 Å². The molecule has 0 unspecified atom stereocenters. The summed E-state index contributed by atoms with van der Waals surface area (Å²) in [6.45, 7) is 2.16. The van der Waals surface area contributed by atoms with Crippen molar-refractivity contribution >= 4 is 5.91 Å². The Balaban J connectivity index is 2.62. The first-order valence-electron chi connectivity index (χ1n) is 6.17. The SMILES string of the molecule is CCCNC(=O)CNCc1ccc(F)cc1C(F)(F)F. The third-order valence-electron chi connectivity index (χ3n) is 2.55. The van der Waals surface area contributed by atoms with Gasteiger partial charge in [-0.1, -0.05) is 13.0 Å². The third kappa shape index (κ3) is 5.16. The molecule has 0 atom stereocenters. The van der Waals surface area contributed by atoms with Gasteiger partial charge in [0.1, 0.15) is 5.82 Å². The van der Waals surface area contributed by atoms with Crippen LogP contribution in [-0.2, 0) is 17.5 Å². The molecule has 0 radical (unpaired) electrons. The number of carbonyl (C=O) groups is 1. The van der Waals surface area contributed by atoms with Crippen LogP contribution in [0.5, 0.6) is 0 Å². The molecule has 3 nitrogen and oxygen atoms in total. The van der Waals surface area contributed by atoms with Gasteiger partial charge in [-0.25, -0.2) is 4.39 Å². The normalized spacial score (nSPS) is 11.4. The zero-order valence-electron chi connectivity index (χ0n) is 11.0. The number of carbonyl (C=O) groups excluding carboxylic acids is 1. The van der Waals surface area contributed by atoms with E-state index in [2.05, 4.69) is 10.6 Å². The standard InChI is InChI=1S/C13H16F4N2O/c1-2-5-19-12(20)8-18-7-9-3-4-10(14)6-11(9)13(15,16)17/h3-4,6,18H,2,5,7-8H2,1H3,(H,19,20). The molecule has 1 aromatic rings. The molecule has 20 heavy (non-hydrogen) atoms. The van der Waals surface area contributed by atoms with Crippen molar-refractivity contribution in [2.45, 2.75) is 26.1 Å². The van der Waals surface area contributed by atoms with E-state index >= 15 is 0 Å². The fourth-order valence-corrected chi connectivity index (χ4v) is 1.60. The maximum Gasteiger partial charge on any atom is 0.416 e. The van der Waals surface area contributed by atoms with Crippen molar-refractivity contribution in [1.29, 1.82) is 0 Å². The van der Waals surface area contributed by atoms with E-state index in [1.54, 1.807) is 0 Å². The highest BCUT2D eigenvalue weighted by Crippen LogP contribution is 2.32. The molecule has 0 saturated carbocycles. The molecule has 0 fully saturated rings. The molecule has 0 spiro atoms. The lowest BCUT2D eigenvalue weighted by Gasteiger charge is -2.13. The summed E-state index contributed by atoms with van der Waals surface area (Å²) in [6.07, 6.45) is -3.84. The van der Waals surface area contributed by atoms with E-state index < -0.39 is 17.6 Å². The number of hydrogen-bond acceptors (Lipinski definition) is 2. The highest BCUT2D eigenvalue weighted by atomic mass is 19.4. The summed E-state index contributed by atoms with van der Waals surface area (Å²) in [4.78, 5) is 11.3. The first-order chi connectivity index (χ1) is 9.34. The van der Waals surface area contributed by atoms with Crippen molar-refractivity contribution in [3.05, 3.63) is 35.1 Å². The highest BCUT2D eigenvalue weighted by Gasteiger charge is 2.33. The molecule has 0 heterocycles. The summed E-state index contributed by atoms with van der Waals surface area (Å²) in [6, 6.07) is 2.48. The van der Waals surface area contributed by atoms with Crippen molar-refractivity contribution in [3.8, 4) is 0 Å². The number of halogens is 4. The van der Waals surface area contributed by atoms with E-state index in [4.69, 9.17) is 0 Å². The van der Waals surface area contributed by atoms with Crippen molar-refractivity contribution in [1.82, 2.24) is 10.6 Å². The highest BCUT2D eigenvalue weighted by molar-refractivity contribution is 5.77. The Kier molecular flexibility index (Phi) is 5.94. The van der Waals surface area contributed by atoms with Gasteiger partial charge in [-0.15, -0.1) is 0 Å². The number of benzene rings is 1. The van der Waals surface area contributed by atoms with Gasteiger partial charge < -0.3 is 10.6 Å². The average molecular weight is 292 g/mol. The predicted molar refractivity (Wildman–Crippen MR) is 66.4 cm³/mol. The van der Waals surface area contributed by atoms with E-state index in [1.165, 1.54) is 0 Å². The van der Waals surface area contributed by atoms with Crippen LogP contribution in [0.3, 0.4) is 0 Å². The lowest BCUT2D eigenvalue weighted by Crippen LogP contribution is -2.34. The summed E-state index contributed by atoms with van der Waals surface area (Å²) >= 11 is 0.